The number of carbonyl (C=O) groups is 1. The van der Waals surface area contributed by atoms with Crippen LogP contribution in [0.4, 0.5) is 4.39 Å². The molecule has 0 bridgehead atoms. The standard InChI is InChI=1S/C22H20FN3O/c23-19-11-9-18(10-12-19)21-7-4-14-25(21)22(27)13-8-17-15-24-26(16-17)20-5-2-1-3-6-20/h1-3,5-6,8-13,15-16,21H,4,7,14H2/b13-8+/t21-/m1/s1. The molecule has 0 aliphatic carbocycles. The SMILES string of the molecule is O=C(/C=C/c1cnn(-c2ccccc2)c1)N1CCC[C@@H]1c1ccc(F)cc1. The molecule has 0 radical (unpaired) electrons. The third kappa shape index (κ3) is 3.82. The van der Waals surface area contributed by atoms with Gasteiger partial charge in [-0.05, 0) is 48.7 Å². The van der Waals surface area contributed by atoms with Crippen LogP contribution in [0.15, 0.2) is 73.1 Å². The first-order valence-electron chi connectivity index (χ1n) is 9.05. The minimum absolute atomic E-state index is 0.00907. The fourth-order valence-electron chi connectivity index (χ4n) is 3.47. The number of likely N-dealkylation sites (tertiary alicyclic amines) is 1. The van der Waals surface area contributed by atoms with E-state index in [0.29, 0.717) is 6.54 Å². The van der Waals surface area contributed by atoms with Crippen LogP contribution in [0.5, 0.6) is 0 Å². The average molecular weight is 361 g/mol. The highest BCUT2D eigenvalue weighted by molar-refractivity contribution is 5.92. The molecule has 0 N–H and O–H groups in total. The average Bonchev–Trinajstić information content (AvgIpc) is 3.37. The van der Waals surface area contributed by atoms with Crippen molar-refractivity contribution >= 4 is 12.0 Å². The van der Waals surface area contributed by atoms with E-state index in [-0.39, 0.29) is 17.8 Å². The van der Waals surface area contributed by atoms with E-state index in [2.05, 4.69) is 5.10 Å². The quantitative estimate of drug-likeness (QED) is 0.647. The van der Waals surface area contributed by atoms with E-state index < -0.39 is 0 Å². The van der Waals surface area contributed by atoms with Crippen LogP contribution in [0.3, 0.4) is 0 Å². The summed E-state index contributed by atoms with van der Waals surface area (Å²) in [4.78, 5) is 14.5. The molecule has 1 saturated heterocycles. The summed E-state index contributed by atoms with van der Waals surface area (Å²) in [6.07, 6.45) is 8.85. The van der Waals surface area contributed by atoms with Crippen LogP contribution in [0.2, 0.25) is 0 Å². The Hall–Kier alpha value is -3.21. The lowest BCUT2D eigenvalue weighted by Gasteiger charge is -2.23. The topological polar surface area (TPSA) is 38.1 Å². The van der Waals surface area contributed by atoms with Gasteiger partial charge in [-0.2, -0.15) is 5.10 Å². The molecule has 1 aromatic heterocycles. The Balaban J connectivity index is 1.47. The van der Waals surface area contributed by atoms with Gasteiger partial charge in [-0.25, -0.2) is 9.07 Å². The van der Waals surface area contributed by atoms with Crippen LogP contribution in [-0.4, -0.2) is 27.1 Å². The third-order valence-electron chi connectivity index (χ3n) is 4.83. The predicted molar refractivity (Wildman–Crippen MR) is 103 cm³/mol. The Kier molecular flexibility index (Phi) is 4.83. The Bertz CT molecular complexity index is 947. The van der Waals surface area contributed by atoms with Gasteiger partial charge in [0, 0.05) is 24.4 Å². The van der Waals surface area contributed by atoms with Crippen molar-refractivity contribution < 1.29 is 9.18 Å². The molecule has 2 heterocycles. The van der Waals surface area contributed by atoms with Gasteiger partial charge in [-0.3, -0.25) is 4.79 Å². The lowest BCUT2D eigenvalue weighted by atomic mass is 10.0. The summed E-state index contributed by atoms with van der Waals surface area (Å²) in [7, 11) is 0. The number of amides is 1. The van der Waals surface area contributed by atoms with E-state index in [1.54, 1.807) is 35.2 Å². The number of nitrogens with zero attached hydrogens (tertiary/aromatic N) is 3. The fourth-order valence-corrected chi connectivity index (χ4v) is 3.47. The zero-order valence-corrected chi connectivity index (χ0v) is 14.8. The molecule has 0 saturated carbocycles. The second kappa shape index (κ2) is 7.58. The van der Waals surface area contributed by atoms with E-state index in [4.69, 9.17) is 0 Å². The second-order valence-corrected chi connectivity index (χ2v) is 6.63. The summed E-state index contributed by atoms with van der Waals surface area (Å²) >= 11 is 0. The summed E-state index contributed by atoms with van der Waals surface area (Å²) in [6.45, 7) is 0.717. The monoisotopic (exact) mass is 361 g/mol. The van der Waals surface area contributed by atoms with Crippen molar-refractivity contribution in [2.75, 3.05) is 6.54 Å². The normalized spacial score (nSPS) is 16.9. The fraction of sp³-hybridized carbons (Fsp3) is 0.182. The molecule has 0 unspecified atom stereocenters. The van der Waals surface area contributed by atoms with Crippen LogP contribution in [0.1, 0.15) is 30.0 Å². The first kappa shape index (κ1) is 17.2. The summed E-state index contributed by atoms with van der Waals surface area (Å²) < 4.78 is 14.9. The Labute approximate surface area is 157 Å². The molecule has 1 fully saturated rings. The molecule has 0 spiro atoms. The first-order valence-corrected chi connectivity index (χ1v) is 9.05. The third-order valence-corrected chi connectivity index (χ3v) is 4.83. The number of benzene rings is 2. The van der Waals surface area contributed by atoms with Gasteiger partial charge in [-0.1, -0.05) is 30.3 Å². The Morgan fingerprint density at radius 2 is 1.89 bits per heavy atom. The van der Waals surface area contributed by atoms with Gasteiger partial charge < -0.3 is 4.90 Å². The van der Waals surface area contributed by atoms with Gasteiger partial charge in [0.25, 0.3) is 0 Å². The first-order chi connectivity index (χ1) is 13.2. The lowest BCUT2D eigenvalue weighted by molar-refractivity contribution is -0.126. The second-order valence-electron chi connectivity index (χ2n) is 6.63. The van der Waals surface area contributed by atoms with Gasteiger partial charge in [0.1, 0.15) is 5.82 Å². The van der Waals surface area contributed by atoms with E-state index in [0.717, 1.165) is 29.7 Å². The number of carbonyl (C=O) groups excluding carboxylic acids is 1. The van der Waals surface area contributed by atoms with Crippen molar-refractivity contribution in [1.29, 1.82) is 0 Å². The van der Waals surface area contributed by atoms with Crippen molar-refractivity contribution in [1.82, 2.24) is 14.7 Å². The zero-order chi connectivity index (χ0) is 18.6. The minimum atomic E-state index is -0.259. The van der Waals surface area contributed by atoms with Gasteiger partial charge >= 0.3 is 0 Å². The highest BCUT2D eigenvalue weighted by Gasteiger charge is 2.28. The Morgan fingerprint density at radius 3 is 2.67 bits per heavy atom. The Morgan fingerprint density at radius 1 is 1.11 bits per heavy atom. The molecule has 27 heavy (non-hydrogen) atoms. The largest absolute Gasteiger partial charge is 0.332 e. The molecule has 5 heteroatoms. The number of hydrogen-bond donors (Lipinski definition) is 0. The molecule has 1 aliphatic heterocycles. The molecule has 4 nitrogen and oxygen atoms in total. The smallest absolute Gasteiger partial charge is 0.247 e. The molecule has 1 atom stereocenters. The van der Waals surface area contributed by atoms with Crippen molar-refractivity contribution in [3.8, 4) is 5.69 Å². The van der Waals surface area contributed by atoms with Crippen LogP contribution < -0.4 is 0 Å². The van der Waals surface area contributed by atoms with E-state index in [1.165, 1.54) is 12.1 Å². The minimum Gasteiger partial charge on any atom is -0.332 e. The number of halogens is 1. The van der Waals surface area contributed by atoms with E-state index in [9.17, 15) is 9.18 Å². The lowest BCUT2D eigenvalue weighted by Crippen LogP contribution is -2.28. The van der Waals surface area contributed by atoms with Gasteiger partial charge in [0.15, 0.2) is 0 Å². The highest BCUT2D eigenvalue weighted by Crippen LogP contribution is 2.32. The number of rotatable bonds is 4. The maximum Gasteiger partial charge on any atom is 0.247 e. The van der Waals surface area contributed by atoms with Crippen LogP contribution in [-0.2, 0) is 4.79 Å². The molecule has 4 rings (SSSR count). The van der Waals surface area contributed by atoms with Crippen LogP contribution in [0.25, 0.3) is 11.8 Å². The van der Waals surface area contributed by atoms with Crippen LogP contribution in [0, 0.1) is 5.82 Å². The summed E-state index contributed by atoms with van der Waals surface area (Å²) in [5.41, 5.74) is 2.82. The van der Waals surface area contributed by atoms with Crippen molar-refractivity contribution in [3.63, 3.8) is 0 Å². The molecule has 1 amide bonds. The molecule has 3 aromatic rings. The number of aromatic nitrogens is 2. The molecule has 136 valence electrons. The summed E-state index contributed by atoms with van der Waals surface area (Å²) in [6, 6.07) is 16.3. The predicted octanol–water partition coefficient (Wildman–Crippen LogP) is 4.39. The molecule has 1 aliphatic rings. The van der Waals surface area contributed by atoms with Crippen molar-refractivity contribution in [3.05, 3.63) is 90.0 Å². The van der Waals surface area contributed by atoms with Gasteiger partial charge in [0.2, 0.25) is 5.91 Å². The number of hydrogen-bond acceptors (Lipinski definition) is 2. The van der Waals surface area contributed by atoms with Crippen LogP contribution >= 0.6 is 0 Å². The highest BCUT2D eigenvalue weighted by atomic mass is 19.1. The van der Waals surface area contributed by atoms with E-state index in [1.807, 2.05) is 41.4 Å². The van der Waals surface area contributed by atoms with Gasteiger partial charge in [0.05, 0.1) is 17.9 Å². The summed E-state index contributed by atoms with van der Waals surface area (Å²) in [5, 5.41) is 4.34. The van der Waals surface area contributed by atoms with Crippen molar-refractivity contribution in [2.24, 2.45) is 0 Å². The maximum atomic E-state index is 13.2. The molecular weight excluding hydrogens is 341 g/mol. The molecule has 2 aromatic carbocycles. The zero-order valence-electron chi connectivity index (χ0n) is 14.8. The molecular formula is C22H20FN3O. The van der Waals surface area contributed by atoms with Gasteiger partial charge in [-0.15, -0.1) is 0 Å². The van der Waals surface area contributed by atoms with Crippen molar-refractivity contribution in [2.45, 2.75) is 18.9 Å². The number of para-hydroxylation sites is 1. The summed E-state index contributed by atoms with van der Waals surface area (Å²) in [5.74, 6) is -0.292. The van der Waals surface area contributed by atoms with E-state index >= 15 is 0 Å². The maximum absolute atomic E-state index is 13.2.